The first-order valence-electron chi connectivity index (χ1n) is 9.17. The highest BCUT2D eigenvalue weighted by Gasteiger charge is 2.23. The first kappa shape index (κ1) is 18.5. The Kier molecular flexibility index (Phi) is 6.36. The molecule has 1 amide bonds. The second-order valence-electron chi connectivity index (χ2n) is 6.82. The number of likely N-dealkylation sites (N-methyl/N-ethyl adjacent to an activating group) is 1. The van der Waals surface area contributed by atoms with Crippen molar-refractivity contribution in [1.29, 1.82) is 0 Å². The summed E-state index contributed by atoms with van der Waals surface area (Å²) in [5.74, 6) is -0.0228. The lowest BCUT2D eigenvalue weighted by Gasteiger charge is -2.27. The van der Waals surface area contributed by atoms with E-state index >= 15 is 0 Å². The smallest absolute Gasteiger partial charge is 0.254 e. The molecule has 5 nitrogen and oxygen atoms in total. The minimum absolute atomic E-state index is 0.0228. The van der Waals surface area contributed by atoms with Crippen molar-refractivity contribution < 1.29 is 9.53 Å². The number of amides is 1. The minimum atomic E-state index is -0.210. The maximum atomic E-state index is 12.9. The van der Waals surface area contributed by atoms with Crippen LogP contribution in [0.2, 0.25) is 0 Å². The fourth-order valence-corrected chi connectivity index (χ4v) is 3.42. The Morgan fingerprint density at radius 2 is 1.92 bits per heavy atom. The molecule has 1 aromatic heterocycles. The molecule has 1 aliphatic rings. The van der Waals surface area contributed by atoms with E-state index in [2.05, 4.69) is 22.0 Å². The standard InChI is InChI=1S/C21H27N3O2/c1-23(20(16-26-2)19-7-3-4-12-22-19)21(25)18-10-8-17(9-11-18)15-24-13-5-6-14-24/h3-4,7-12,20H,5-6,13-16H2,1-2H3. The van der Waals surface area contributed by atoms with Gasteiger partial charge >= 0.3 is 0 Å². The van der Waals surface area contributed by atoms with Gasteiger partial charge in [0.1, 0.15) is 0 Å². The average Bonchev–Trinajstić information content (AvgIpc) is 3.19. The summed E-state index contributed by atoms with van der Waals surface area (Å²) in [6, 6.07) is 13.5. The van der Waals surface area contributed by atoms with Gasteiger partial charge < -0.3 is 9.64 Å². The molecule has 0 bridgehead atoms. The number of hydrogen-bond acceptors (Lipinski definition) is 4. The predicted octanol–water partition coefficient (Wildman–Crippen LogP) is 3.14. The number of pyridine rings is 1. The van der Waals surface area contributed by atoms with Crippen LogP contribution in [0.25, 0.3) is 0 Å². The van der Waals surface area contributed by atoms with Crippen molar-refractivity contribution >= 4 is 5.91 Å². The Balaban J connectivity index is 1.70. The second kappa shape index (κ2) is 8.92. The van der Waals surface area contributed by atoms with Crippen LogP contribution in [0.5, 0.6) is 0 Å². The van der Waals surface area contributed by atoms with E-state index in [1.807, 2.05) is 30.3 Å². The number of likely N-dealkylation sites (tertiary alicyclic amines) is 1. The summed E-state index contributed by atoms with van der Waals surface area (Å²) < 4.78 is 5.32. The van der Waals surface area contributed by atoms with Crippen LogP contribution in [0.15, 0.2) is 48.7 Å². The fraction of sp³-hybridized carbons (Fsp3) is 0.429. The zero-order chi connectivity index (χ0) is 18.4. The Morgan fingerprint density at radius 1 is 1.19 bits per heavy atom. The molecule has 3 rings (SSSR count). The Hall–Kier alpha value is -2.24. The fourth-order valence-electron chi connectivity index (χ4n) is 3.42. The molecule has 0 aliphatic carbocycles. The summed E-state index contributed by atoms with van der Waals surface area (Å²) in [4.78, 5) is 21.5. The first-order valence-corrected chi connectivity index (χ1v) is 9.17. The molecule has 0 saturated carbocycles. The van der Waals surface area contributed by atoms with Crippen LogP contribution in [-0.4, -0.2) is 54.5 Å². The number of carbonyl (C=O) groups is 1. The normalized spacial score (nSPS) is 15.8. The molecule has 1 aliphatic heterocycles. The van der Waals surface area contributed by atoms with E-state index in [-0.39, 0.29) is 11.9 Å². The summed E-state index contributed by atoms with van der Waals surface area (Å²) in [7, 11) is 3.44. The molecule has 138 valence electrons. The van der Waals surface area contributed by atoms with E-state index in [1.54, 1.807) is 25.3 Å². The van der Waals surface area contributed by atoms with E-state index in [0.717, 1.165) is 12.2 Å². The molecular weight excluding hydrogens is 326 g/mol. The summed E-state index contributed by atoms with van der Waals surface area (Å²) in [6.07, 6.45) is 4.31. The van der Waals surface area contributed by atoms with Crippen molar-refractivity contribution in [1.82, 2.24) is 14.8 Å². The maximum absolute atomic E-state index is 12.9. The Bertz CT molecular complexity index is 697. The van der Waals surface area contributed by atoms with Gasteiger partial charge in [0.15, 0.2) is 0 Å². The highest BCUT2D eigenvalue weighted by Crippen LogP contribution is 2.20. The molecule has 1 fully saturated rings. The number of aromatic nitrogens is 1. The van der Waals surface area contributed by atoms with Crippen molar-refractivity contribution in [2.45, 2.75) is 25.4 Å². The minimum Gasteiger partial charge on any atom is -0.382 e. The van der Waals surface area contributed by atoms with E-state index in [1.165, 1.54) is 31.5 Å². The van der Waals surface area contributed by atoms with Crippen LogP contribution in [0, 0.1) is 0 Å². The molecule has 2 aromatic rings. The van der Waals surface area contributed by atoms with Crippen LogP contribution >= 0.6 is 0 Å². The Morgan fingerprint density at radius 3 is 2.54 bits per heavy atom. The van der Waals surface area contributed by atoms with Crippen molar-refractivity contribution in [3.8, 4) is 0 Å². The van der Waals surface area contributed by atoms with Crippen LogP contribution in [0.1, 0.15) is 40.5 Å². The van der Waals surface area contributed by atoms with E-state index in [9.17, 15) is 4.79 Å². The van der Waals surface area contributed by atoms with Gasteiger partial charge in [0.2, 0.25) is 0 Å². The van der Waals surface area contributed by atoms with Crippen LogP contribution in [0.3, 0.4) is 0 Å². The molecule has 2 heterocycles. The molecular formula is C21H27N3O2. The van der Waals surface area contributed by atoms with Gasteiger partial charge in [-0.1, -0.05) is 18.2 Å². The topological polar surface area (TPSA) is 45.7 Å². The molecule has 1 unspecified atom stereocenters. The highest BCUT2D eigenvalue weighted by molar-refractivity contribution is 5.94. The van der Waals surface area contributed by atoms with Gasteiger partial charge in [-0.25, -0.2) is 0 Å². The number of nitrogens with zero attached hydrogens (tertiary/aromatic N) is 3. The quantitative estimate of drug-likeness (QED) is 0.767. The third-order valence-corrected chi connectivity index (χ3v) is 4.95. The average molecular weight is 353 g/mol. The summed E-state index contributed by atoms with van der Waals surface area (Å²) in [6.45, 7) is 3.72. The maximum Gasteiger partial charge on any atom is 0.254 e. The number of methoxy groups -OCH3 is 1. The zero-order valence-corrected chi connectivity index (χ0v) is 15.6. The van der Waals surface area contributed by atoms with Crippen molar-refractivity contribution in [3.63, 3.8) is 0 Å². The van der Waals surface area contributed by atoms with Crippen molar-refractivity contribution in [3.05, 3.63) is 65.5 Å². The molecule has 1 saturated heterocycles. The molecule has 0 spiro atoms. The van der Waals surface area contributed by atoms with Gasteiger partial charge in [-0.05, 0) is 55.8 Å². The van der Waals surface area contributed by atoms with Crippen molar-refractivity contribution in [2.24, 2.45) is 0 Å². The van der Waals surface area contributed by atoms with Gasteiger partial charge in [-0.15, -0.1) is 0 Å². The van der Waals surface area contributed by atoms with E-state index in [0.29, 0.717) is 12.2 Å². The van der Waals surface area contributed by atoms with Gasteiger partial charge in [0.05, 0.1) is 18.3 Å². The SMILES string of the molecule is COCC(c1ccccn1)N(C)C(=O)c1ccc(CN2CCCC2)cc1. The van der Waals surface area contributed by atoms with Crippen LogP contribution in [-0.2, 0) is 11.3 Å². The predicted molar refractivity (Wildman–Crippen MR) is 102 cm³/mol. The lowest BCUT2D eigenvalue weighted by Crippen LogP contribution is -2.34. The van der Waals surface area contributed by atoms with Gasteiger partial charge in [-0.3, -0.25) is 14.7 Å². The highest BCUT2D eigenvalue weighted by atomic mass is 16.5. The van der Waals surface area contributed by atoms with Gasteiger partial charge in [-0.2, -0.15) is 0 Å². The lowest BCUT2D eigenvalue weighted by atomic mass is 10.1. The third-order valence-electron chi connectivity index (χ3n) is 4.95. The van der Waals surface area contributed by atoms with Crippen LogP contribution < -0.4 is 0 Å². The van der Waals surface area contributed by atoms with Gasteiger partial charge in [0, 0.05) is 32.5 Å². The second-order valence-corrected chi connectivity index (χ2v) is 6.82. The molecule has 0 N–H and O–H groups in total. The Labute approximate surface area is 155 Å². The van der Waals surface area contributed by atoms with Gasteiger partial charge in [0.25, 0.3) is 5.91 Å². The lowest BCUT2D eigenvalue weighted by molar-refractivity contribution is 0.0595. The summed E-state index contributed by atoms with van der Waals surface area (Å²) >= 11 is 0. The summed E-state index contributed by atoms with van der Waals surface area (Å²) in [5.41, 5.74) is 2.77. The molecule has 0 radical (unpaired) electrons. The summed E-state index contributed by atoms with van der Waals surface area (Å²) in [5, 5.41) is 0. The largest absolute Gasteiger partial charge is 0.382 e. The number of benzene rings is 1. The van der Waals surface area contributed by atoms with Crippen LogP contribution in [0.4, 0.5) is 0 Å². The van der Waals surface area contributed by atoms with E-state index in [4.69, 9.17) is 4.74 Å². The number of rotatable bonds is 7. The van der Waals surface area contributed by atoms with E-state index < -0.39 is 0 Å². The third kappa shape index (κ3) is 4.48. The first-order chi connectivity index (χ1) is 12.7. The molecule has 26 heavy (non-hydrogen) atoms. The molecule has 1 atom stereocenters. The molecule has 5 heteroatoms. The number of hydrogen-bond donors (Lipinski definition) is 0. The number of carbonyl (C=O) groups excluding carboxylic acids is 1. The zero-order valence-electron chi connectivity index (χ0n) is 15.6. The monoisotopic (exact) mass is 353 g/mol. The van der Waals surface area contributed by atoms with Crippen molar-refractivity contribution in [2.75, 3.05) is 33.9 Å². The molecule has 1 aromatic carbocycles. The number of ether oxygens (including phenoxy) is 1.